The highest BCUT2D eigenvalue weighted by molar-refractivity contribution is 5.93. The average molecular weight is 151 g/mol. The van der Waals surface area contributed by atoms with Crippen molar-refractivity contribution < 1.29 is 4.79 Å². The fourth-order valence-electron chi connectivity index (χ4n) is 1.37. The summed E-state index contributed by atoms with van der Waals surface area (Å²) in [5.41, 5.74) is 7.99. The summed E-state index contributed by atoms with van der Waals surface area (Å²) in [7, 11) is 0. The van der Waals surface area contributed by atoms with Gasteiger partial charge in [0, 0.05) is 12.8 Å². The van der Waals surface area contributed by atoms with E-state index in [1.165, 1.54) is 31.3 Å². The van der Waals surface area contributed by atoms with Crippen molar-refractivity contribution in [2.24, 2.45) is 0 Å². The second-order valence-corrected chi connectivity index (χ2v) is 2.92. The van der Waals surface area contributed by atoms with Crippen molar-refractivity contribution >= 4 is 5.91 Å². The van der Waals surface area contributed by atoms with Gasteiger partial charge in [0.15, 0.2) is 5.91 Å². The third-order valence-corrected chi connectivity index (χ3v) is 1.97. The molecule has 2 heteroatoms. The number of amides is 1. The number of hydrogen-bond donors (Lipinski definition) is 0. The van der Waals surface area contributed by atoms with Crippen LogP contribution in [0.4, 0.5) is 0 Å². The molecule has 0 aromatic heterocycles. The van der Waals surface area contributed by atoms with Crippen LogP contribution in [0.2, 0.25) is 0 Å². The Morgan fingerprint density at radius 1 is 1.36 bits per heavy atom. The molecule has 0 aliphatic heterocycles. The quantitative estimate of drug-likeness (QED) is 0.559. The minimum atomic E-state index is -0.594. The monoisotopic (exact) mass is 151 g/mol. The van der Waals surface area contributed by atoms with Crippen molar-refractivity contribution in [1.82, 2.24) is 0 Å². The highest BCUT2D eigenvalue weighted by atomic mass is 16.1. The van der Waals surface area contributed by atoms with E-state index in [1.807, 2.05) is 6.08 Å². The van der Waals surface area contributed by atoms with E-state index in [4.69, 9.17) is 5.73 Å². The molecular formula is C9H13NO. The Hall–Kier alpha value is -0.920. The minimum Gasteiger partial charge on any atom is -0.645 e. The van der Waals surface area contributed by atoms with Gasteiger partial charge in [-0.3, -0.25) is 4.79 Å². The predicted octanol–water partition coefficient (Wildman–Crippen LogP) is 2.66. The molecule has 0 radical (unpaired) electrons. The number of allylic oxidation sites excluding steroid dienone is 1. The molecule has 1 aliphatic carbocycles. The summed E-state index contributed by atoms with van der Waals surface area (Å²) in [5.74, 6) is -0.594. The summed E-state index contributed by atoms with van der Waals surface area (Å²) in [6.07, 6.45) is 9.19. The first-order chi connectivity index (χ1) is 5.29. The van der Waals surface area contributed by atoms with Crippen molar-refractivity contribution in [3.63, 3.8) is 0 Å². The summed E-state index contributed by atoms with van der Waals surface area (Å²) in [5, 5.41) is 0. The van der Waals surface area contributed by atoms with Crippen LogP contribution >= 0.6 is 0 Å². The number of carbonyl (C=O) groups is 1. The van der Waals surface area contributed by atoms with E-state index < -0.39 is 5.91 Å². The van der Waals surface area contributed by atoms with Gasteiger partial charge >= 0.3 is 0 Å². The molecule has 11 heavy (non-hydrogen) atoms. The molecule has 0 aromatic carbocycles. The van der Waals surface area contributed by atoms with Crippen molar-refractivity contribution in [3.05, 3.63) is 23.8 Å². The molecule has 0 spiro atoms. The molecule has 0 atom stereocenters. The zero-order valence-corrected chi connectivity index (χ0v) is 6.60. The van der Waals surface area contributed by atoms with Crippen LogP contribution in [0.15, 0.2) is 11.6 Å². The topological polar surface area (TPSA) is 40.9 Å². The minimum absolute atomic E-state index is 0.594. The van der Waals surface area contributed by atoms with Crippen LogP contribution in [-0.2, 0) is 4.79 Å². The van der Waals surface area contributed by atoms with Gasteiger partial charge in [0.05, 0.1) is 18.1 Å². The molecule has 1 rings (SSSR count). The summed E-state index contributed by atoms with van der Waals surface area (Å²) < 4.78 is 0. The predicted molar refractivity (Wildman–Crippen MR) is 44.8 cm³/mol. The van der Waals surface area contributed by atoms with E-state index in [-0.39, 0.29) is 0 Å². The molecule has 0 aromatic rings. The molecule has 60 valence electrons. The lowest BCUT2D eigenvalue weighted by Gasteiger charge is -2.06. The molecule has 1 N–H and O–H groups in total. The van der Waals surface area contributed by atoms with E-state index in [1.54, 1.807) is 0 Å². The Bertz CT molecular complexity index is 164. The van der Waals surface area contributed by atoms with Crippen molar-refractivity contribution in [2.75, 3.05) is 0 Å². The van der Waals surface area contributed by atoms with Crippen molar-refractivity contribution in [1.29, 1.82) is 0 Å². The Kier molecular flexibility index (Phi) is 3.02. The lowest BCUT2D eigenvalue weighted by atomic mass is 9.94. The van der Waals surface area contributed by atoms with E-state index in [0.29, 0.717) is 0 Å². The van der Waals surface area contributed by atoms with Gasteiger partial charge in [-0.1, -0.05) is 0 Å². The molecule has 1 fully saturated rings. The van der Waals surface area contributed by atoms with Crippen LogP contribution in [0.25, 0.3) is 5.73 Å². The third-order valence-electron chi connectivity index (χ3n) is 1.97. The summed E-state index contributed by atoms with van der Waals surface area (Å²) in [4.78, 5) is 10.3. The lowest BCUT2D eigenvalue weighted by molar-refractivity contribution is -0.111. The maximum Gasteiger partial charge on any atom is 0.158 e. The average Bonchev–Trinajstić information content (AvgIpc) is 2.03. The van der Waals surface area contributed by atoms with Gasteiger partial charge in [-0.05, 0) is 19.3 Å². The second-order valence-electron chi connectivity index (χ2n) is 2.92. The molecule has 1 saturated carbocycles. The number of nitrogens with one attached hydrogen (secondary N) is 1. The van der Waals surface area contributed by atoms with Crippen molar-refractivity contribution in [3.8, 4) is 0 Å². The fourth-order valence-corrected chi connectivity index (χ4v) is 1.37. The maximum absolute atomic E-state index is 10.3. The molecule has 1 aliphatic rings. The van der Waals surface area contributed by atoms with Gasteiger partial charge in [-0.2, -0.15) is 0 Å². The normalized spacial score (nSPS) is 17.6. The van der Waals surface area contributed by atoms with Crippen LogP contribution < -0.4 is 0 Å². The molecule has 0 heterocycles. The smallest absolute Gasteiger partial charge is 0.158 e. The molecule has 2 nitrogen and oxygen atoms in total. The largest absolute Gasteiger partial charge is 0.645 e. The van der Waals surface area contributed by atoms with Gasteiger partial charge in [0.25, 0.3) is 0 Å². The van der Waals surface area contributed by atoms with Crippen molar-refractivity contribution in [2.45, 2.75) is 32.1 Å². The Morgan fingerprint density at radius 3 is 2.55 bits per heavy atom. The van der Waals surface area contributed by atoms with Gasteiger partial charge < -0.3 is 5.73 Å². The molecule has 0 unspecified atom stereocenters. The van der Waals surface area contributed by atoms with Gasteiger partial charge in [-0.15, -0.1) is 0 Å². The van der Waals surface area contributed by atoms with Gasteiger partial charge in [0.1, 0.15) is 0 Å². The first-order valence-electron chi connectivity index (χ1n) is 4.07. The number of hydrogen-bond acceptors (Lipinski definition) is 1. The van der Waals surface area contributed by atoms with Crippen LogP contribution in [-0.4, -0.2) is 5.91 Å². The zero-order chi connectivity index (χ0) is 8.10. The second kappa shape index (κ2) is 4.06. The van der Waals surface area contributed by atoms with Crippen LogP contribution in [0, 0.1) is 6.42 Å². The van der Waals surface area contributed by atoms with E-state index in [9.17, 15) is 4.79 Å². The maximum atomic E-state index is 10.3. The standard InChI is InChI=1S/C9H13NO/c10-9(11)7-6-8-4-2-1-3-5-8/h6-7H,1-5H2,(H-,10,11). The van der Waals surface area contributed by atoms with Crippen LogP contribution in [0.3, 0.4) is 0 Å². The Morgan fingerprint density at radius 2 is 2.00 bits per heavy atom. The third kappa shape index (κ3) is 3.12. The highest BCUT2D eigenvalue weighted by Gasteiger charge is 2.10. The lowest BCUT2D eigenvalue weighted by Crippen LogP contribution is -1.95. The first kappa shape index (κ1) is 8.18. The SMILES string of the molecule is [NH-]C(=O)[CH+]C=C1CCCCC1. The summed E-state index contributed by atoms with van der Waals surface area (Å²) >= 11 is 0. The fraction of sp³-hybridized carbons (Fsp3) is 0.556. The molecule has 0 saturated heterocycles. The zero-order valence-electron chi connectivity index (χ0n) is 6.60. The number of rotatable bonds is 2. The summed E-state index contributed by atoms with van der Waals surface area (Å²) in [6.45, 7) is 0. The molecule has 0 bridgehead atoms. The van der Waals surface area contributed by atoms with Gasteiger partial charge in [0.2, 0.25) is 0 Å². The molecular weight excluding hydrogens is 138 g/mol. The van der Waals surface area contributed by atoms with Crippen LogP contribution in [0.5, 0.6) is 0 Å². The van der Waals surface area contributed by atoms with E-state index in [2.05, 4.69) is 0 Å². The van der Waals surface area contributed by atoms with Gasteiger partial charge in [-0.25, -0.2) is 0 Å². The summed E-state index contributed by atoms with van der Waals surface area (Å²) in [6, 6.07) is 0. The first-order valence-corrected chi connectivity index (χ1v) is 4.07. The number of carbonyl (C=O) groups excluding carboxylic acids is 1. The Balaban J connectivity index is 2.32. The highest BCUT2D eigenvalue weighted by Crippen LogP contribution is 2.22. The van der Waals surface area contributed by atoms with E-state index >= 15 is 0 Å². The van der Waals surface area contributed by atoms with E-state index in [0.717, 1.165) is 12.8 Å². The Labute approximate surface area is 67.5 Å². The van der Waals surface area contributed by atoms with Crippen LogP contribution in [0.1, 0.15) is 32.1 Å². The molecule has 1 amide bonds.